The average Bonchev–Trinajstić information content (AvgIpc) is 3.10. The zero-order valence-electron chi connectivity index (χ0n) is 15.0. The van der Waals surface area contributed by atoms with E-state index >= 15 is 0 Å². The van der Waals surface area contributed by atoms with Crippen molar-refractivity contribution in [1.82, 2.24) is 25.4 Å². The first-order chi connectivity index (χ1) is 12.6. The van der Waals surface area contributed by atoms with Crippen molar-refractivity contribution < 1.29 is 13.5 Å². The minimum Gasteiger partial charge on any atom is -0.488 e. The Kier molecular flexibility index (Phi) is 7.78. The summed E-state index contributed by atoms with van der Waals surface area (Å²) in [6.45, 7) is 3.32. The van der Waals surface area contributed by atoms with Crippen molar-refractivity contribution in [2.24, 2.45) is 4.99 Å². The first kappa shape index (κ1) is 19.6. The summed E-state index contributed by atoms with van der Waals surface area (Å²) in [7, 11) is 1.69. The molecule has 0 aliphatic carbocycles. The van der Waals surface area contributed by atoms with E-state index < -0.39 is 13.0 Å². The van der Waals surface area contributed by atoms with Crippen molar-refractivity contribution in [3.63, 3.8) is 0 Å². The third-order valence-electron chi connectivity index (χ3n) is 3.62. The molecule has 1 heterocycles. The van der Waals surface area contributed by atoms with Crippen LogP contribution in [-0.2, 0) is 19.5 Å². The van der Waals surface area contributed by atoms with E-state index in [4.69, 9.17) is 4.74 Å². The molecule has 0 aliphatic rings. The molecule has 142 valence electrons. The smallest absolute Gasteiger partial charge is 0.272 e. The van der Waals surface area contributed by atoms with Gasteiger partial charge in [-0.05, 0) is 17.7 Å². The Morgan fingerprint density at radius 3 is 2.92 bits per heavy atom. The Labute approximate surface area is 151 Å². The minimum absolute atomic E-state index is 0.423. The molecule has 0 saturated heterocycles. The molecule has 2 rings (SSSR count). The molecule has 0 saturated carbocycles. The van der Waals surface area contributed by atoms with E-state index in [0.717, 1.165) is 24.4 Å². The lowest BCUT2D eigenvalue weighted by Gasteiger charge is -2.13. The lowest BCUT2D eigenvalue weighted by atomic mass is 10.2. The summed E-state index contributed by atoms with van der Waals surface area (Å²) >= 11 is 0. The van der Waals surface area contributed by atoms with E-state index in [0.29, 0.717) is 24.8 Å². The topological polar surface area (TPSA) is 76.4 Å². The third kappa shape index (κ3) is 6.30. The molecule has 0 amide bonds. The first-order valence-electron chi connectivity index (χ1n) is 8.43. The van der Waals surface area contributed by atoms with Crippen LogP contribution in [0.4, 0.5) is 8.78 Å². The highest BCUT2D eigenvalue weighted by molar-refractivity contribution is 5.79. The van der Waals surface area contributed by atoms with Gasteiger partial charge in [-0.1, -0.05) is 19.1 Å². The number of hydrogen-bond acceptors (Lipinski definition) is 4. The van der Waals surface area contributed by atoms with Gasteiger partial charge < -0.3 is 19.9 Å². The zero-order valence-corrected chi connectivity index (χ0v) is 15.0. The number of aryl methyl sites for hydroxylation is 1. The molecule has 7 nitrogen and oxygen atoms in total. The summed E-state index contributed by atoms with van der Waals surface area (Å²) in [6, 6.07) is 7.04. The summed E-state index contributed by atoms with van der Waals surface area (Å²) in [5, 5.41) is 14.3. The van der Waals surface area contributed by atoms with Crippen molar-refractivity contribution >= 4 is 5.96 Å². The number of aliphatic imine (C=N–C) groups is 1. The van der Waals surface area contributed by atoms with Crippen molar-refractivity contribution in [2.75, 3.05) is 20.2 Å². The normalized spacial score (nSPS) is 11.7. The highest BCUT2D eigenvalue weighted by Crippen LogP contribution is 2.14. The highest BCUT2D eigenvalue weighted by atomic mass is 19.3. The molecule has 0 bridgehead atoms. The van der Waals surface area contributed by atoms with E-state index in [1.807, 2.05) is 17.6 Å². The van der Waals surface area contributed by atoms with Gasteiger partial charge in [0.25, 0.3) is 6.43 Å². The standard InChI is InChI=1S/C17H24F2N6O/c1-3-16-24-23-12-25(16)8-7-21-17(20-2)22-10-13-5-4-6-14(9-13)26-11-15(18)19/h4-6,9,12,15H,3,7-8,10-11H2,1-2H3,(H2,20,21,22). The maximum atomic E-state index is 12.2. The second-order valence-electron chi connectivity index (χ2n) is 5.50. The molecule has 1 aromatic carbocycles. The molecule has 1 aromatic heterocycles. The second-order valence-corrected chi connectivity index (χ2v) is 5.50. The fourth-order valence-electron chi connectivity index (χ4n) is 2.35. The summed E-state index contributed by atoms with van der Waals surface area (Å²) < 4.78 is 31.5. The summed E-state index contributed by atoms with van der Waals surface area (Å²) in [6.07, 6.45) is 0.0529. The van der Waals surface area contributed by atoms with Crippen molar-refractivity contribution in [3.8, 4) is 5.75 Å². The molecular weight excluding hydrogens is 342 g/mol. The molecule has 2 aromatic rings. The molecule has 0 fully saturated rings. The van der Waals surface area contributed by atoms with Gasteiger partial charge in [0, 0.05) is 33.1 Å². The Bertz CT molecular complexity index is 704. The van der Waals surface area contributed by atoms with Crippen molar-refractivity contribution in [1.29, 1.82) is 0 Å². The molecular formula is C17H24F2N6O. The number of ether oxygens (including phenoxy) is 1. The van der Waals surface area contributed by atoms with Gasteiger partial charge in [0.2, 0.25) is 0 Å². The van der Waals surface area contributed by atoms with Crippen molar-refractivity contribution in [3.05, 3.63) is 42.0 Å². The van der Waals surface area contributed by atoms with Gasteiger partial charge in [0.1, 0.15) is 24.5 Å². The van der Waals surface area contributed by atoms with Crippen LogP contribution < -0.4 is 15.4 Å². The summed E-state index contributed by atoms with van der Waals surface area (Å²) in [4.78, 5) is 4.17. The van der Waals surface area contributed by atoms with E-state index in [9.17, 15) is 8.78 Å². The number of halogens is 2. The van der Waals surface area contributed by atoms with Crippen LogP contribution in [0.1, 0.15) is 18.3 Å². The molecule has 0 aliphatic heterocycles. The highest BCUT2D eigenvalue weighted by Gasteiger charge is 2.05. The van der Waals surface area contributed by atoms with Gasteiger partial charge in [0.05, 0.1) is 0 Å². The molecule has 26 heavy (non-hydrogen) atoms. The van der Waals surface area contributed by atoms with Crippen LogP contribution in [0.2, 0.25) is 0 Å². The fourth-order valence-corrected chi connectivity index (χ4v) is 2.35. The Balaban J connectivity index is 1.78. The Hall–Kier alpha value is -2.71. The first-order valence-corrected chi connectivity index (χ1v) is 8.43. The number of nitrogens with zero attached hydrogens (tertiary/aromatic N) is 4. The summed E-state index contributed by atoms with van der Waals surface area (Å²) in [5.41, 5.74) is 0.909. The number of hydrogen-bond donors (Lipinski definition) is 2. The SMILES string of the molecule is CCc1nncn1CCNC(=NC)NCc1cccc(OCC(F)F)c1. The van der Waals surface area contributed by atoms with Crippen LogP contribution >= 0.6 is 0 Å². The van der Waals surface area contributed by atoms with Crippen LogP contribution in [0.5, 0.6) is 5.75 Å². The van der Waals surface area contributed by atoms with Crippen LogP contribution in [-0.4, -0.2) is 47.3 Å². The van der Waals surface area contributed by atoms with Gasteiger partial charge in [-0.15, -0.1) is 10.2 Å². The van der Waals surface area contributed by atoms with Gasteiger partial charge in [-0.3, -0.25) is 4.99 Å². The van der Waals surface area contributed by atoms with E-state index in [-0.39, 0.29) is 0 Å². The van der Waals surface area contributed by atoms with E-state index in [1.165, 1.54) is 0 Å². The minimum atomic E-state index is -2.49. The predicted molar refractivity (Wildman–Crippen MR) is 95.5 cm³/mol. The average molecular weight is 366 g/mol. The van der Waals surface area contributed by atoms with Crippen molar-refractivity contribution in [2.45, 2.75) is 32.9 Å². The van der Waals surface area contributed by atoms with Gasteiger partial charge in [-0.25, -0.2) is 8.78 Å². The van der Waals surface area contributed by atoms with E-state index in [1.54, 1.807) is 31.6 Å². The predicted octanol–water partition coefficient (Wildman–Crippen LogP) is 1.85. The molecule has 0 atom stereocenters. The van der Waals surface area contributed by atoms with Crippen LogP contribution in [0.3, 0.4) is 0 Å². The molecule has 0 unspecified atom stereocenters. The number of nitrogens with one attached hydrogen (secondary N) is 2. The largest absolute Gasteiger partial charge is 0.488 e. The maximum Gasteiger partial charge on any atom is 0.272 e. The number of aromatic nitrogens is 3. The molecule has 9 heteroatoms. The van der Waals surface area contributed by atoms with Gasteiger partial charge in [-0.2, -0.15) is 0 Å². The fraction of sp³-hybridized carbons (Fsp3) is 0.471. The lowest BCUT2D eigenvalue weighted by Crippen LogP contribution is -2.38. The van der Waals surface area contributed by atoms with E-state index in [2.05, 4.69) is 25.8 Å². The third-order valence-corrected chi connectivity index (χ3v) is 3.62. The quantitative estimate of drug-likeness (QED) is 0.523. The van der Waals surface area contributed by atoms with Gasteiger partial charge in [0.15, 0.2) is 5.96 Å². The number of rotatable bonds is 9. The molecule has 2 N–H and O–H groups in total. The maximum absolute atomic E-state index is 12.2. The molecule has 0 spiro atoms. The number of guanidine groups is 1. The van der Waals surface area contributed by atoms with Crippen LogP contribution in [0, 0.1) is 0 Å². The summed E-state index contributed by atoms with van der Waals surface area (Å²) in [5.74, 6) is 2.01. The Morgan fingerprint density at radius 2 is 2.19 bits per heavy atom. The van der Waals surface area contributed by atoms with Crippen LogP contribution in [0.15, 0.2) is 35.6 Å². The lowest BCUT2D eigenvalue weighted by molar-refractivity contribution is 0.0818. The zero-order chi connectivity index (χ0) is 18.8. The van der Waals surface area contributed by atoms with Crippen LogP contribution in [0.25, 0.3) is 0 Å². The second kappa shape index (κ2) is 10.3. The molecule has 0 radical (unpaired) electrons. The Morgan fingerprint density at radius 1 is 1.35 bits per heavy atom. The van der Waals surface area contributed by atoms with Gasteiger partial charge >= 0.3 is 0 Å². The monoisotopic (exact) mass is 366 g/mol. The number of benzene rings is 1. The number of alkyl halides is 2.